The largest absolute Gasteiger partial charge is 0.375 e. The quantitative estimate of drug-likeness (QED) is 0.792. The van der Waals surface area contributed by atoms with Crippen LogP contribution in [0.5, 0.6) is 0 Å². The van der Waals surface area contributed by atoms with Crippen LogP contribution in [0.15, 0.2) is 23.2 Å². The summed E-state index contributed by atoms with van der Waals surface area (Å²) in [7, 11) is -3.58. The van der Waals surface area contributed by atoms with Gasteiger partial charge < -0.3 is 4.74 Å². The van der Waals surface area contributed by atoms with Gasteiger partial charge in [0, 0.05) is 19.3 Å². The molecule has 1 saturated heterocycles. The van der Waals surface area contributed by atoms with E-state index >= 15 is 0 Å². The molecule has 0 N–H and O–H groups in total. The van der Waals surface area contributed by atoms with E-state index in [9.17, 15) is 8.42 Å². The average molecular weight is 291 g/mol. The molecule has 0 aromatic carbocycles. The number of hydrogen-bond acceptors (Lipinski definition) is 4. The van der Waals surface area contributed by atoms with Gasteiger partial charge in [-0.05, 0) is 18.6 Å². The number of halogens is 1. The van der Waals surface area contributed by atoms with Crippen LogP contribution in [0.4, 0.5) is 0 Å². The summed E-state index contributed by atoms with van der Waals surface area (Å²) in [6.07, 6.45) is 2.20. The number of sulfonamides is 1. The molecule has 0 bridgehead atoms. The third-order valence-corrected chi connectivity index (χ3v) is 5.21. The molecule has 5 nitrogen and oxygen atoms in total. The van der Waals surface area contributed by atoms with Crippen LogP contribution in [0.2, 0.25) is 5.15 Å². The van der Waals surface area contributed by atoms with E-state index < -0.39 is 10.0 Å². The van der Waals surface area contributed by atoms with Crippen molar-refractivity contribution in [3.63, 3.8) is 0 Å². The highest BCUT2D eigenvalue weighted by molar-refractivity contribution is 7.89. The first-order chi connectivity index (χ1) is 8.55. The summed E-state index contributed by atoms with van der Waals surface area (Å²) in [6.45, 7) is 3.10. The fraction of sp³-hybridized carbons (Fsp3) is 0.545. The molecule has 1 aromatic heterocycles. The lowest BCUT2D eigenvalue weighted by Gasteiger charge is -2.31. The van der Waals surface area contributed by atoms with Gasteiger partial charge in [-0.25, -0.2) is 13.4 Å². The molecule has 0 saturated carbocycles. The number of morpholine rings is 1. The van der Waals surface area contributed by atoms with E-state index in [2.05, 4.69) is 4.98 Å². The van der Waals surface area contributed by atoms with E-state index in [4.69, 9.17) is 16.3 Å². The molecule has 1 unspecified atom stereocenters. The van der Waals surface area contributed by atoms with Crippen LogP contribution in [-0.4, -0.2) is 43.5 Å². The number of nitrogens with zero attached hydrogens (tertiary/aromatic N) is 2. The summed E-state index contributed by atoms with van der Waals surface area (Å²) in [4.78, 5) is 3.87. The van der Waals surface area contributed by atoms with Gasteiger partial charge in [0.1, 0.15) is 10.0 Å². The Balaban J connectivity index is 2.29. The summed E-state index contributed by atoms with van der Waals surface area (Å²) in [5, 5.41) is 0.0111. The first-order valence-corrected chi connectivity index (χ1v) is 7.59. The lowest BCUT2D eigenvalue weighted by atomic mass is 10.2. The number of hydrogen-bond donors (Lipinski definition) is 0. The van der Waals surface area contributed by atoms with Gasteiger partial charge in [-0.2, -0.15) is 4.31 Å². The molecule has 2 rings (SSSR count). The molecule has 100 valence electrons. The van der Waals surface area contributed by atoms with Crippen LogP contribution in [0, 0.1) is 0 Å². The third kappa shape index (κ3) is 2.66. The Morgan fingerprint density at radius 2 is 2.39 bits per heavy atom. The second-order valence-electron chi connectivity index (χ2n) is 4.06. The maximum absolute atomic E-state index is 12.4. The summed E-state index contributed by atoms with van der Waals surface area (Å²) < 4.78 is 31.7. The first kappa shape index (κ1) is 13.7. The van der Waals surface area contributed by atoms with Gasteiger partial charge >= 0.3 is 0 Å². The Bertz CT molecular complexity index is 521. The zero-order valence-corrected chi connectivity index (χ0v) is 11.6. The maximum atomic E-state index is 12.4. The van der Waals surface area contributed by atoms with E-state index in [-0.39, 0.29) is 16.2 Å². The fourth-order valence-electron chi connectivity index (χ4n) is 1.86. The van der Waals surface area contributed by atoms with Crippen LogP contribution < -0.4 is 0 Å². The SMILES string of the molecule is CCC1CN(S(=O)(=O)c2cccnc2Cl)CCO1. The van der Waals surface area contributed by atoms with Crippen LogP contribution in [0.25, 0.3) is 0 Å². The molecule has 0 amide bonds. The lowest BCUT2D eigenvalue weighted by molar-refractivity contribution is -0.00278. The van der Waals surface area contributed by atoms with Crippen molar-refractivity contribution in [1.82, 2.24) is 9.29 Å². The molecule has 1 aliphatic rings. The first-order valence-electron chi connectivity index (χ1n) is 5.78. The zero-order chi connectivity index (χ0) is 13.2. The van der Waals surface area contributed by atoms with Crippen LogP contribution in [0.1, 0.15) is 13.3 Å². The van der Waals surface area contributed by atoms with Crippen molar-refractivity contribution in [2.24, 2.45) is 0 Å². The van der Waals surface area contributed by atoms with Crippen LogP contribution in [-0.2, 0) is 14.8 Å². The summed E-state index contributed by atoms with van der Waals surface area (Å²) >= 11 is 5.85. The monoisotopic (exact) mass is 290 g/mol. The molecule has 1 fully saturated rings. The molecule has 1 aromatic rings. The highest BCUT2D eigenvalue weighted by atomic mass is 35.5. The van der Waals surface area contributed by atoms with E-state index in [0.717, 1.165) is 6.42 Å². The van der Waals surface area contributed by atoms with Crippen molar-refractivity contribution in [3.8, 4) is 0 Å². The smallest absolute Gasteiger partial charge is 0.246 e. The molecular weight excluding hydrogens is 276 g/mol. The standard InChI is InChI=1S/C11H15ClN2O3S/c1-2-9-8-14(6-7-17-9)18(15,16)10-4-3-5-13-11(10)12/h3-5,9H,2,6-8H2,1H3. The molecule has 1 aliphatic heterocycles. The Morgan fingerprint density at radius 3 is 3.06 bits per heavy atom. The van der Waals surface area contributed by atoms with Gasteiger partial charge in [-0.15, -0.1) is 0 Å². The number of aromatic nitrogens is 1. The van der Waals surface area contributed by atoms with E-state index in [1.807, 2.05) is 6.92 Å². The molecule has 0 spiro atoms. The van der Waals surface area contributed by atoms with E-state index in [1.54, 1.807) is 6.07 Å². The minimum absolute atomic E-state index is 0.0111. The van der Waals surface area contributed by atoms with Gasteiger partial charge in [-0.3, -0.25) is 0 Å². The topological polar surface area (TPSA) is 59.5 Å². The highest BCUT2D eigenvalue weighted by Crippen LogP contribution is 2.24. The average Bonchev–Trinajstić information content (AvgIpc) is 2.39. The molecule has 1 atom stereocenters. The van der Waals surface area contributed by atoms with Crippen molar-refractivity contribution in [2.45, 2.75) is 24.3 Å². The van der Waals surface area contributed by atoms with E-state index in [1.165, 1.54) is 16.6 Å². The normalized spacial score (nSPS) is 22.0. The molecule has 18 heavy (non-hydrogen) atoms. The van der Waals surface area contributed by atoms with Gasteiger partial charge in [0.15, 0.2) is 0 Å². The number of ether oxygens (including phenoxy) is 1. The summed E-state index contributed by atoms with van der Waals surface area (Å²) in [6, 6.07) is 3.04. The van der Waals surface area contributed by atoms with Gasteiger partial charge in [0.2, 0.25) is 10.0 Å². The van der Waals surface area contributed by atoms with Crippen molar-refractivity contribution >= 4 is 21.6 Å². The Morgan fingerprint density at radius 1 is 1.61 bits per heavy atom. The molecule has 2 heterocycles. The van der Waals surface area contributed by atoms with Crippen LogP contribution >= 0.6 is 11.6 Å². The highest BCUT2D eigenvalue weighted by Gasteiger charge is 2.31. The summed E-state index contributed by atoms with van der Waals surface area (Å²) in [5.74, 6) is 0. The van der Waals surface area contributed by atoms with Crippen molar-refractivity contribution in [3.05, 3.63) is 23.5 Å². The van der Waals surface area contributed by atoms with E-state index in [0.29, 0.717) is 19.7 Å². The van der Waals surface area contributed by atoms with Crippen molar-refractivity contribution < 1.29 is 13.2 Å². The second-order valence-corrected chi connectivity index (χ2v) is 6.32. The maximum Gasteiger partial charge on any atom is 0.246 e. The van der Waals surface area contributed by atoms with Crippen molar-refractivity contribution in [2.75, 3.05) is 19.7 Å². The number of rotatable bonds is 3. The molecule has 0 aliphatic carbocycles. The number of pyridine rings is 1. The molecular formula is C11H15ClN2O3S. The Labute approximate surface area is 112 Å². The van der Waals surface area contributed by atoms with Gasteiger partial charge in [0.25, 0.3) is 0 Å². The van der Waals surface area contributed by atoms with Gasteiger partial charge in [-0.1, -0.05) is 18.5 Å². The minimum atomic E-state index is -3.58. The van der Waals surface area contributed by atoms with Gasteiger partial charge in [0.05, 0.1) is 12.7 Å². The Kier molecular flexibility index (Phi) is 4.21. The lowest BCUT2D eigenvalue weighted by Crippen LogP contribution is -2.45. The molecule has 7 heteroatoms. The van der Waals surface area contributed by atoms with Crippen molar-refractivity contribution in [1.29, 1.82) is 0 Å². The predicted octanol–water partition coefficient (Wildman–Crippen LogP) is 1.53. The summed E-state index contributed by atoms with van der Waals surface area (Å²) in [5.41, 5.74) is 0. The minimum Gasteiger partial charge on any atom is -0.375 e. The third-order valence-electron chi connectivity index (χ3n) is 2.90. The molecule has 0 radical (unpaired) electrons. The fourth-order valence-corrected chi connectivity index (χ4v) is 3.74. The van der Waals surface area contributed by atoms with Crippen LogP contribution in [0.3, 0.4) is 0 Å². The Hall–Kier alpha value is -0.690. The zero-order valence-electron chi connectivity index (χ0n) is 10.0. The predicted molar refractivity (Wildman–Crippen MR) is 68.0 cm³/mol. The second kappa shape index (κ2) is 5.52.